The first-order valence-corrected chi connectivity index (χ1v) is 7.75. The zero-order valence-electron chi connectivity index (χ0n) is 13.0. The molecule has 1 aromatic heterocycles. The molecule has 1 aliphatic rings. The molecule has 1 aromatic rings. The molecule has 0 saturated carbocycles. The van der Waals surface area contributed by atoms with E-state index in [0.717, 1.165) is 51.4 Å². The quantitative estimate of drug-likeness (QED) is 0.874. The first-order valence-electron chi connectivity index (χ1n) is 7.75. The number of nitrogens with one attached hydrogen (secondary N) is 1. The van der Waals surface area contributed by atoms with Crippen molar-refractivity contribution >= 4 is 11.7 Å². The average molecular weight is 291 g/mol. The third-order valence-corrected chi connectivity index (χ3v) is 3.74. The Morgan fingerprint density at radius 2 is 2.19 bits per heavy atom. The molecule has 0 spiro atoms. The highest BCUT2D eigenvalue weighted by Crippen LogP contribution is 2.16. The van der Waals surface area contributed by atoms with Gasteiger partial charge >= 0.3 is 0 Å². The zero-order chi connectivity index (χ0) is 15.1. The van der Waals surface area contributed by atoms with Gasteiger partial charge in [-0.05, 0) is 37.3 Å². The maximum Gasteiger partial charge on any atom is 0.272 e. The van der Waals surface area contributed by atoms with Crippen molar-refractivity contribution in [3.05, 3.63) is 23.9 Å². The fourth-order valence-corrected chi connectivity index (χ4v) is 2.50. The molecule has 1 saturated heterocycles. The lowest BCUT2D eigenvalue weighted by molar-refractivity contribution is 0.0495. The molecule has 5 nitrogen and oxygen atoms in total. The van der Waals surface area contributed by atoms with E-state index in [4.69, 9.17) is 4.74 Å². The Hall–Kier alpha value is -1.62. The van der Waals surface area contributed by atoms with E-state index >= 15 is 0 Å². The van der Waals surface area contributed by atoms with Gasteiger partial charge in [0.2, 0.25) is 0 Å². The summed E-state index contributed by atoms with van der Waals surface area (Å²) in [5.41, 5.74) is 0.505. The second-order valence-corrected chi connectivity index (χ2v) is 5.58. The summed E-state index contributed by atoms with van der Waals surface area (Å²) in [5, 5.41) is 3.21. The molecule has 2 rings (SSSR count). The Labute approximate surface area is 126 Å². The molecule has 116 valence electrons. The van der Waals surface area contributed by atoms with Gasteiger partial charge in [-0.2, -0.15) is 0 Å². The van der Waals surface area contributed by atoms with Gasteiger partial charge < -0.3 is 15.0 Å². The monoisotopic (exact) mass is 291 g/mol. The lowest BCUT2D eigenvalue weighted by Crippen LogP contribution is -2.34. The summed E-state index contributed by atoms with van der Waals surface area (Å²) in [6.07, 6.45) is 3.09. The second-order valence-electron chi connectivity index (χ2n) is 5.58. The van der Waals surface area contributed by atoms with Crippen LogP contribution < -0.4 is 5.32 Å². The molecule has 1 aliphatic heterocycles. The highest BCUT2D eigenvalue weighted by Gasteiger charge is 2.20. The predicted molar refractivity (Wildman–Crippen MR) is 83.5 cm³/mol. The third-order valence-electron chi connectivity index (χ3n) is 3.74. The van der Waals surface area contributed by atoms with E-state index in [1.807, 2.05) is 19.2 Å². The number of hydrogen-bond acceptors (Lipinski definition) is 4. The minimum Gasteiger partial charge on any atom is -0.381 e. The molecule has 0 aliphatic carbocycles. The van der Waals surface area contributed by atoms with Crippen molar-refractivity contribution in [3.8, 4) is 0 Å². The predicted octanol–water partition coefficient (Wildman–Crippen LogP) is 2.40. The smallest absolute Gasteiger partial charge is 0.272 e. The minimum atomic E-state index is -0.0124. The Bertz CT molecular complexity index is 459. The van der Waals surface area contributed by atoms with Crippen molar-refractivity contribution in [1.29, 1.82) is 0 Å². The van der Waals surface area contributed by atoms with Crippen LogP contribution in [0.3, 0.4) is 0 Å². The van der Waals surface area contributed by atoms with Crippen molar-refractivity contribution in [2.45, 2.75) is 26.2 Å². The van der Waals surface area contributed by atoms with Gasteiger partial charge in [-0.15, -0.1) is 0 Å². The van der Waals surface area contributed by atoms with Crippen LogP contribution >= 0.6 is 0 Å². The van der Waals surface area contributed by atoms with E-state index in [2.05, 4.69) is 17.2 Å². The summed E-state index contributed by atoms with van der Waals surface area (Å²) < 4.78 is 5.36. The van der Waals surface area contributed by atoms with Crippen LogP contribution in [0.4, 0.5) is 5.82 Å². The van der Waals surface area contributed by atoms with Crippen molar-refractivity contribution in [2.24, 2.45) is 5.92 Å². The van der Waals surface area contributed by atoms with Gasteiger partial charge in [0.1, 0.15) is 11.5 Å². The summed E-state index contributed by atoms with van der Waals surface area (Å²) in [5.74, 6) is 1.29. The molecular weight excluding hydrogens is 266 g/mol. The van der Waals surface area contributed by atoms with Crippen LogP contribution in [0.5, 0.6) is 0 Å². The Kier molecular flexibility index (Phi) is 5.99. The zero-order valence-corrected chi connectivity index (χ0v) is 13.0. The van der Waals surface area contributed by atoms with Gasteiger partial charge in [-0.25, -0.2) is 4.98 Å². The molecular formula is C16H25N3O2. The van der Waals surface area contributed by atoms with Crippen LogP contribution in [0.1, 0.15) is 36.7 Å². The minimum absolute atomic E-state index is 0.0124. The number of anilines is 1. The van der Waals surface area contributed by atoms with Crippen LogP contribution in [0.2, 0.25) is 0 Å². The van der Waals surface area contributed by atoms with Gasteiger partial charge in [0, 0.05) is 33.4 Å². The van der Waals surface area contributed by atoms with E-state index in [0.29, 0.717) is 11.6 Å². The number of pyridine rings is 1. The lowest BCUT2D eigenvalue weighted by atomic mass is 10.00. The average Bonchev–Trinajstić information content (AvgIpc) is 2.53. The summed E-state index contributed by atoms with van der Waals surface area (Å²) in [6, 6.07) is 5.55. The first kappa shape index (κ1) is 15.8. The Morgan fingerprint density at radius 1 is 1.43 bits per heavy atom. The number of aromatic nitrogens is 1. The van der Waals surface area contributed by atoms with E-state index in [-0.39, 0.29) is 5.91 Å². The van der Waals surface area contributed by atoms with Crippen LogP contribution in [0.15, 0.2) is 18.2 Å². The molecule has 1 amide bonds. The highest BCUT2D eigenvalue weighted by molar-refractivity contribution is 5.92. The summed E-state index contributed by atoms with van der Waals surface area (Å²) in [6.45, 7) is 5.35. The van der Waals surface area contributed by atoms with Gasteiger partial charge in [0.25, 0.3) is 5.91 Å². The van der Waals surface area contributed by atoms with Crippen molar-refractivity contribution in [3.63, 3.8) is 0 Å². The van der Waals surface area contributed by atoms with Crippen LogP contribution in [0.25, 0.3) is 0 Å². The lowest BCUT2D eigenvalue weighted by Gasteiger charge is -2.27. The van der Waals surface area contributed by atoms with Gasteiger partial charge in [-0.1, -0.05) is 13.0 Å². The molecule has 0 aromatic carbocycles. The topological polar surface area (TPSA) is 54.5 Å². The molecule has 5 heteroatoms. The Morgan fingerprint density at radius 3 is 2.90 bits per heavy atom. The number of rotatable bonds is 6. The van der Waals surface area contributed by atoms with Crippen molar-refractivity contribution < 1.29 is 9.53 Å². The first-order chi connectivity index (χ1) is 10.2. The molecule has 0 radical (unpaired) electrons. The number of hydrogen-bond donors (Lipinski definition) is 1. The maximum absolute atomic E-state index is 12.4. The van der Waals surface area contributed by atoms with Crippen molar-refractivity contribution in [2.75, 3.05) is 38.7 Å². The van der Waals surface area contributed by atoms with Gasteiger partial charge in [-0.3, -0.25) is 4.79 Å². The molecule has 2 heterocycles. The molecule has 1 fully saturated rings. The molecule has 0 bridgehead atoms. The number of amides is 1. The maximum atomic E-state index is 12.4. The van der Waals surface area contributed by atoms with E-state index in [1.54, 1.807) is 11.0 Å². The summed E-state index contributed by atoms with van der Waals surface area (Å²) in [4.78, 5) is 18.6. The van der Waals surface area contributed by atoms with Crippen LogP contribution in [-0.4, -0.2) is 49.1 Å². The fourth-order valence-electron chi connectivity index (χ4n) is 2.50. The van der Waals surface area contributed by atoms with Gasteiger partial charge in [0.15, 0.2) is 0 Å². The van der Waals surface area contributed by atoms with E-state index in [1.165, 1.54) is 0 Å². The second kappa shape index (κ2) is 7.98. The van der Waals surface area contributed by atoms with E-state index in [9.17, 15) is 4.79 Å². The number of ether oxygens (including phenoxy) is 1. The summed E-state index contributed by atoms with van der Waals surface area (Å²) in [7, 11) is 1.85. The fraction of sp³-hybridized carbons (Fsp3) is 0.625. The Balaban J connectivity index is 1.94. The number of carbonyl (C=O) groups is 1. The highest BCUT2D eigenvalue weighted by atomic mass is 16.5. The van der Waals surface area contributed by atoms with Gasteiger partial charge in [0.05, 0.1) is 0 Å². The molecule has 1 N–H and O–H groups in total. The standard InChI is InChI=1S/C16H25N3O2/c1-3-9-17-15-6-4-5-14(18-15)16(20)19(2)12-13-7-10-21-11-8-13/h4-6,13H,3,7-12H2,1-2H3,(H,17,18). The molecule has 0 unspecified atom stereocenters. The van der Waals surface area contributed by atoms with Crippen molar-refractivity contribution in [1.82, 2.24) is 9.88 Å². The number of nitrogens with zero attached hydrogens (tertiary/aromatic N) is 2. The largest absolute Gasteiger partial charge is 0.381 e. The SMILES string of the molecule is CCCNc1cccc(C(=O)N(C)CC2CCOCC2)n1. The number of carbonyl (C=O) groups excluding carboxylic acids is 1. The summed E-state index contributed by atoms with van der Waals surface area (Å²) >= 11 is 0. The normalized spacial score (nSPS) is 15.7. The third kappa shape index (κ3) is 4.70. The molecule has 21 heavy (non-hydrogen) atoms. The molecule has 0 atom stereocenters. The van der Waals surface area contributed by atoms with Crippen LogP contribution in [0, 0.1) is 5.92 Å². The van der Waals surface area contributed by atoms with E-state index < -0.39 is 0 Å². The van der Waals surface area contributed by atoms with Crippen LogP contribution in [-0.2, 0) is 4.74 Å².